The summed E-state index contributed by atoms with van der Waals surface area (Å²) in [7, 11) is 0. The second-order valence-corrected chi connectivity index (χ2v) is 3.16. The van der Waals surface area contributed by atoms with Crippen molar-refractivity contribution in [2.45, 2.75) is 26.2 Å². The number of rotatable bonds is 3. The molecular weight excluding hydrogens is 136 g/mol. The maximum atomic E-state index is 7.72. The smallest absolute Gasteiger partial charge is 0.0124 e. The average molecular weight is 153 g/mol. The molecule has 2 N–H and O–H groups in total. The second kappa shape index (κ2) is 4.50. The minimum Gasteiger partial charge on any atom is -0.317 e. The fourth-order valence-corrected chi connectivity index (χ4v) is 1.56. The molecule has 1 aliphatic rings. The monoisotopic (exact) mass is 153 g/mol. The quantitative estimate of drug-likeness (QED) is 0.594. The van der Waals surface area contributed by atoms with Gasteiger partial charge in [-0.25, -0.2) is 0 Å². The predicted molar refractivity (Wildman–Crippen MR) is 47.9 cm³/mol. The van der Waals surface area contributed by atoms with Gasteiger partial charge in [-0.15, -0.1) is 0 Å². The zero-order valence-corrected chi connectivity index (χ0v) is 7.19. The number of piperidine rings is 1. The zero-order valence-electron chi connectivity index (χ0n) is 7.19. The second-order valence-electron chi connectivity index (χ2n) is 3.16. The number of hydrogen-bond acceptors (Lipinski definition) is 2. The van der Waals surface area contributed by atoms with Crippen molar-refractivity contribution >= 4 is 5.71 Å². The summed E-state index contributed by atoms with van der Waals surface area (Å²) in [5.74, 6) is 0.562. The Kier molecular flexibility index (Phi) is 3.57. The van der Waals surface area contributed by atoms with Gasteiger partial charge < -0.3 is 10.7 Å². The van der Waals surface area contributed by atoms with Crippen molar-refractivity contribution in [2.75, 3.05) is 13.1 Å². The van der Waals surface area contributed by atoms with Gasteiger partial charge in [0, 0.05) is 5.71 Å². The molecule has 0 aliphatic carbocycles. The molecular formula is C9H17N2. The zero-order chi connectivity index (χ0) is 8.10. The molecule has 0 atom stereocenters. The van der Waals surface area contributed by atoms with Crippen LogP contribution in [0.5, 0.6) is 0 Å². The molecule has 0 aromatic rings. The van der Waals surface area contributed by atoms with E-state index in [0.29, 0.717) is 5.92 Å². The number of hydrogen-bond donors (Lipinski definition) is 2. The summed E-state index contributed by atoms with van der Waals surface area (Å²) in [6.45, 7) is 4.21. The van der Waals surface area contributed by atoms with Gasteiger partial charge in [0.25, 0.3) is 0 Å². The number of nitrogens with one attached hydrogen (secondary N) is 2. The van der Waals surface area contributed by atoms with E-state index in [1.165, 1.54) is 0 Å². The highest BCUT2D eigenvalue weighted by Crippen LogP contribution is 2.15. The topological polar surface area (TPSA) is 35.9 Å². The van der Waals surface area contributed by atoms with Crippen LogP contribution in [0.2, 0.25) is 0 Å². The standard InChI is InChI=1S/C9H17N2/c1-2-3-9(10)8-4-6-11-7-5-8/h2,8,10-11H,3-7H2,1H3. The molecule has 0 unspecified atom stereocenters. The molecule has 1 radical (unpaired) electrons. The first-order valence-corrected chi connectivity index (χ1v) is 4.40. The Bertz CT molecular complexity index is 126. The van der Waals surface area contributed by atoms with Gasteiger partial charge in [-0.05, 0) is 44.7 Å². The van der Waals surface area contributed by atoms with E-state index in [-0.39, 0.29) is 0 Å². The third-order valence-corrected chi connectivity index (χ3v) is 2.26. The summed E-state index contributed by atoms with van der Waals surface area (Å²) in [6.07, 6.45) is 5.27. The van der Waals surface area contributed by atoms with Crippen molar-refractivity contribution in [1.29, 1.82) is 5.41 Å². The fraction of sp³-hybridized carbons (Fsp3) is 0.778. The predicted octanol–water partition coefficient (Wildman–Crippen LogP) is 1.62. The molecule has 0 saturated carbocycles. The summed E-state index contributed by atoms with van der Waals surface area (Å²) < 4.78 is 0. The Morgan fingerprint density at radius 2 is 2.18 bits per heavy atom. The third-order valence-electron chi connectivity index (χ3n) is 2.26. The highest BCUT2D eigenvalue weighted by Gasteiger charge is 2.16. The van der Waals surface area contributed by atoms with Crippen LogP contribution < -0.4 is 5.32 Å². The summed E-state index contributed by atoms with van der Waals surface area (Å²) >= 11 is 0. The Morgan fingerprint density at radius 1 is 1.55 bits per heavy atom. The van der Waals surface area contributed by atoms with Gasteiger partial charge >= 0.3 is 0 Å². The van der Waals surface area contributed by atoms with Crippen molar-refractivity contribution in [3.8, 4) is 0 Å². The first-order chi connectivity index (χ1) is 5.34. The van der Waals surface area contributed by atoms with Crippen molar-refractivity contribution in [3.05, 3.63) is 6.42 Å². The first-order valence-electron chi connectivity index (χ1n) is 4.40. The van der Waals surface area contributed by atoms with Crippen LogP contribution in [0.3, 0.4) is 0 Å². The van der Waals surface area contributed by atoms with E-state index >= 15 is 0 Å². The van der Waals surface area contributed by atoms with E-state index in [0.717, 1.165) is 38.1 Å². The molecule has 0 amide bonds. The lowest BCUT2D eigenvalue weighted by Gasteiger charge is -2.22. The van der Waals surface area contributed by atoms with Crippen LogP contribution in [0, 0.1) is 17.7 Å². The molecule has 0 bridgehead atoms. The van der Waals surface area contributed by atoms with Gasteiger partial charge in [-0.3, -0.25) is 0 Å². The van der Waals surface area contributed by atoms with Crippen molar-refractivity contribution < 1.29 is 0 Å². The van der Waals surface area contributed by atoms with Gasteiger partial charge in [0.1, 0.15) is 0 Å². The Hall–Kier alpha value is -0.370. The maximum absolute atomic E-state index is 7.72. The van der Waals surface area contributed by atoms with Gasteiger partial charge in [0.15, 0.2) is 0 Å². The molecule has 0 aromatic carbocycles. The highest BCUT2D eigenvalue weighted by atomic mass is 14.9. The molecule has 0 spiro atoms. The van der Waals surface area contributed by atoms with E-state index in [1.54, 1.807) is 0 Å². The molecule has 0 aromatic heterocycles. The van der Waals surface area contributed by atoms with Gasteiger partial charge in [0.2, 0.25) is 0 Å². The lowest BCUT2D eigenvalue weighted by molar-refractivity contribution is 0.452. The third kappa shape index (κ3) is 2.62. The SMILES string of the molecule is C[CH]CC(=N)C1CCNCC1. The van der Waals surface area contributed by atoms with E-state index in [1.807, 2.05) is 6.92 Å². The molecule has 1 fully saturated rings. The average Bonchev–Trinajstić information content (AvgIpc) is 2.07. The normalized spacial score (nSPS) is 20.1. The summed E-state index contributed by atoms with van der Waals surface area (Å²) in [5, 5.41) is 11.0. The molecule has 2 heteroatoms. The summed E-state index contributed by atoms with van der Waals surface area (Å²) in [5.41, 5.74) is 0.925. The van der Waals surface area contributed by atoms with Crippen LogP contribution >= 0.6 is 0 Å². The van der Waals surface area contributed by atoms with Gasteiger partial charge in [0.05, 0.1) is 0 Å². The van der Waals surface area contributed by atoms with Crippen LogP contribution in [-0.2, 0) is 0 Å². The van der Waals surface area contributed by atoms with E-state index < -0.39 is 0 Å². The minimum absolute atomic E-state index is 0.562. The van der Waals surface area contributed by atoms with E-state index in [9.17, 15) is 0 Å². The van der Waals surface area contributed by atoms with Gasteiger partial charge in [-0.1, -0.05) is 6.92 Å². The van der Waals surface area contributed by atoms with Crippen LogP contribution in [0.15, 0.2) is 0 Å². The van der Waals surface area contributed by atoms with Gasteiger partial charge in [-0.2, -0.15) is 0 Å². The molecule has 1 saturated heterocycles. The lowest BCUT2D eigenvalue weighted by atomic mass is 9.91. The summed E-state index contributed by atoms with van der Waals surface area (Å²) in [6, 6.07) is 0. The van der Waals surface area contributed by atoms with Crippen molar-refractivity contribution in [1.82, 2.24) is 5.32 Å². The van der Waals surface area contributed by atoms with E-state index in [4.69, 9.17) is 5.41 Å². The Morgan fingerprint density at radius 3 is 2.73 bits per heavy atom. The summed E-state index contributed by atoms with van der Waals surface area (Å²) in [4.78, 5) is 0. The Balaban J connectivity index is 2.27. The largest absolute Gasteiger partial charge is 0.317 e. The van der Waals surface area contributed by atoms with Crippen LogP contribution in [0.4, 0.5) is 0 Å². The molecule has 2 nitrogen and oxygen atoms in total. The lowest BCUT2D eigenvalue weighted by Crippen LogP contribution is -2.31. The molecule has 1 rings (SSSR count). The maximum Gasteiger partial charge on any atom is 0.0124 e. The highest BCUT2D eigenvalue weighted by molar-refractivity contribution is 5.84. The fourth-order valence-electron chi connectivity index (χ4n) is 1.56. The van der Waals surface area contributed by atoms with Crippen molar-refractivity contribution in [3.63, 3.8) is 0 Å². The molecule has 1 aliphatic heterocycles. The van der Waals surface area contributed by atoms with E-state index in [2.05, 4.69) is 11.7 Å². The minimum atomic E-state index is 0.562. The Labute approximate surface area is 68.9 Å². The van der Waals surface area contributed by atoms with Crippen molar-refractivity contribution in [2.24, 2.45) is 5.92 Å². The van der Waals surface area contributed by atoms with Crippen LogP contribution in [-0.4, -0.2) is 18.8 Å². The molecule has 1 heterocycles. The molecule has 63 valence electrons. The molecule has 11 heavy (non-hydrogen) atoms. The van der Waals surface area contributed by atoms with Crippen LogP contribution in [0.1, 0.15) is 26.2 Å². The first kappa shape index (κ1) is 8.72. The van der Waals surface area contributed by atoms with Crippen LogP contribution in [0.25, 0.3) is 0 Å².